The maximum atomic E-state index is 10.1. The van der Waals surface area contributed by atoms with E-state index in [1.165, 1.54) is 28.5 Å². The van der Waals surface area contributed by atoms with Crippen molar-refractivity contribution in [3.8, 4) is 50.8 Å². The molecule has 0 saturated carbocycles. The second-order valence-corrected chi connectivity index (χ2v) is 11.6. The molecule has 0 bridgehead atoms. The van der Waals surface area contributed by atoms with Crippen LogP contribution >= 0.6 is 0 Å². The predicted octanol–water partition coefficient (Wildman–Crippen LogP) is 7.58. The third-order valence-electron chi connectivity index (χ3n) is 9.21. The summed E-state index contributed by atoms with van der Waals surface area (Å²) in [6.07, 6.45) is 7.42. The molecule has 3 aromatic carbocycles. The lowest BCUT2D eigenvalue weighted by Gasteiger charge is -2.20. The highest BCUT2D eigenvalue weighted by molar-refractivity contribution is 6.05. The fourth-order valence-electron chi connectivity index (χ4n) is 6.94. The second kappa shape index (κ2) is 9.11. The molecule has 44 heavy (non-hydrogen) atoms. The summed E-state index contributed by atoms with van der Waals surface area (Å²) in [5.41, 5.74) is 17.2. The molecule has 3 heterocycles. The molecule has 3 aliphatic carbocycles. The van der Waals surface area contributed by atoms with E-state index in [2.05, 4.69) is 77.7 Å². The van der Waals surface area contributed by atoms with E-state index >= 15 is 0 Å². The zero-order valence-corrected chi connectivity index (χ0v) is 23.6. The lowest BCUT2D eigenvalue weighted by atomic mass is 9.88. The quantitative estimate of drug-likeness (QED) is 0.128. The molecule has 0 amide bonds. The molecule has 4 aliphatic rings. The van der Waals surface area contributed by atoms with Crippen molar-refractivity contribution >= 4 is 29.8 Å². The number of fused-ring (bicyclic) bond motifs is 9. The maximum absolute atomic E-state index is 10.1. The molecule has 0 radical (unpaired) electrons. The second-order valence-electron chi connectivity index (χ2n) is 11.6. The van der Waals surface area contributed by atoms with Crippen LogP contribution in [-0.2, 0) is 0 Å². The number of nitrogens with one attached hydrogen (secondary N) is 2. The van der Waals surface area contributed by atoms with Gasteiger partial charge in [0, 0.05) is 58.9 Å². The van der Waals surface area contributed by atoms with Crippen molar-refractivity contribution in [1.29, 1.82) is 10.7 Å². The van der Waals surface area contributed by atoms with Crippen LogP contribution in [0.1, 0.15) is 33.7 Å². The summed E-state index contributed by atoms with van der Waals surface area (Å²) < 4.78 is 0. The molecule has 6 nitrogen and oxygen atoms in total. The van der Waals surface area contributed by atoms with E-state index in [9.17, 15) is 5.26 Å². The molecule has 2 N–H and O–H groups in total. The number of rotatable bonds is 5. The van der Waals surface area contributed by atoms with Crippen molar-refractivity contribution in [3.63, 3.8) is 0 Å². The number of hydrogen-bond donors (Lipinski definition) is 2. The van der Waals surface area contributed by atoms with Crippen LogP contribution in [0.25, 0.3) is 55.9 Å². The Bertz CT molecular complexity index is 2240. The van der Waals surface area contributed by atoms with Crippen LogP contribution in [0.15, 0.2) is 102 Å². The van der Waals surface area contributed by atoms with Gasteiger partial charge in [-0.25, -0.2) is 0 Å². The number of pyridine rings is 2. The summed E-state index contributed by atoms with van der Waals surface area (Å²) in [6.45, 7) is 4.51. The number of allylic oxidation sites excluding steroid dienone is 2. The van der Waals surface area contributed by atoms with Crippen molar-refractivity contribution in [1.82, 2.24) is 15.3 Å². The van der Waals surface area contributed by atoms with Gasteiger partial charge in [0.1, 0.15) is 0 Å². The number of hydrogen-bond acceptors (Lipinski definition) is 6. The van der Waals surface area contributed by atoms with Crippen LogP contribution in [0.5, 0.6) is 0 Å². The third kappa shape index (κ3) is 3.51. The summed E-state index contributed by atoms with van der Waals surface area (Å²) >= 11 is 0. The molecule has 9 rings (SSSR count). The standard InChI is InChI=1S/C38H24N6/c1-41-34-8-4-7-23(32(34)15-39)22-13-31-28-14-27(28)30-12-21(17-43-37(30)38(31)44-18-22)20-9-10-25-24-5-2-3-6-26(24)36(29(25)11-20)33(16-40)35-19-42-35/h2-15,17-18,27,35,39,42H,1,19H2/b36-33+,39-15?/t27-,35?/m1/s1. The van der Waals surface area contributed by atoms with E-state index in [4.69, 9.17) is 15.4 Å². The normalized spacial score (nSPS) is 18.8. The maximum Gasteiger partial charge on any atom is 0.0971 e. The lowest BCUT2D eigenvalue weighted by molar-refractivity contribution is 1.12. The van der Waals surface area contributed by atoms with Gasteiger partial charge in [0.15, 0.2) is 0 Å². The Kier molecular flexibility index (Phi) is 5.14. The molecule has 2 aromatic heterocycles. The highest BCUT2D eigenvalue weighted by atomic mass is 15.1. The first-order valence-corrected chi connectivity index (χ1v) is 14.6. The van der Waals surface area contributed by atoms with Crippen molar-refractivity contribution in [3.05, 3.63) is 125 Å². The number of aromatic nitrogens is 2. The summed E-state index contributed by atoms with van der Waals surface area (Å²) in [6, 6.07) is 27.8. The van der Waals surface area contributed by atoms with Gasteiger partial charge in [0.2, 0.25) is 0 Å². The molecule has 0 spiro atoms. The number of nitrogens with zero attached hydrogens (tertiary/aromatic N) is 4. The van der Waals surface area contributed by atoms with Gasteiger partial charge in [0.25, 0.3) is 0 Å². The van der Waals surface area contributed by atoms with E-state index in [-0.39, 0.29) is 12.0 Å². The first-order chi connectivity index (χ1) is 21.7. The minimum absolute atomic E-state index is 0.120. The van der Waals surface area contributed by atoms with E-state index in [0.29, 0.717) is 5.69 Å². The predicted molar refractivity (Wildman–Crippen MR) is 175 cm³/mol. The molecule has 1 unspecified atom stereocenters. The smallest absolute Gasteiger partial charge is 0.0971 e. The lowest BCUT2D eigenvalue weighted by Crippen LogP contribution is -2.04. The molecule has 6 heteroatoms. The van der Waals surface area contributed by atoms with Crippen LogP contribution in [-0.4, -0.2) is 35.5 Å². The number of nitriles is 1. The highest BCUT2D eigenvalue weighted by Gasteiger charge is 2.39. The molecule has 1 aliphatic heterocycles. The molecule has 2 atom stereocenters. The van der Waals surface area contributed by atoms with Gasteiger partial charge in [-0.1, -0.05) is 54.6 Å². The highest BCUT2D eigenvalue weighted by Crippen LogP contribution is 2.56. The topological polar surface area (TPSA) is 108 Å². The SMILES string of the molecule is C=Nc1cccc(-c2cnc3c(c2)C2=C[C@H]2c2cc(-c4ccc5c(c4)/C(=C(\C#N)C4CN4)c4ccccc4-5)cnc2-3)c1C=N. The molecule has 5 aromatic rings. The molecule has 1 saturated heterocycles. The van der Waals surface area contributed by atoms with Crippen LogP contribution in [0.2, 0.25) is 0 Å². The zero-order valence-electron chi connectivity index (χ0n) is 23.6. The third-order valence-corrected chi connectivity index (χ3v) is 9.21. The number of benzene rings is 3. The van der Waals surface area contributed by atoms with Gasteiger partial charge in [-0.3, -0.25) is 15.0 Å². The first-order valence-electron chi connectivity index (χ1n) is 14.6. The fraction of sp³-hybridized carbons (Fsp3) is 0.0789. The summed E-state index contributed by atoms with van der Waals surface area (Å²) in [7, 11) is 0. The van der Waals surface area contributed by atoms with E-state index in [0.717, 1.165) is 73.6 Å². The van der Waals surface area contributed by atoms with Gasteiger partial charge in [-0.15, -0.1) is 0 Å². The van der Waals surface area contributed by atoms with Crippen molar-refractivity contribution in [2.45, 2.75) is 12.0 Å². The Morgan fingerprint density at radius 2 is 1.61 bits per heavy atom. The van der Waals surface area contributed by atoms with Gasteiger partial charge in [0.05, 0.1) is 34.8 Å². The Morgan fingerprint density at radius 1 is 0.864 bits per heavy atom. The van der Waals surface area contributed by atoms with Crippen LogP contribution in [0.4, 0.5) is 5.69 Å². The van der Waals surface area contributed by atoms with Crippen LogP contribution < -0.4 is 5.32 Å². The average molecular weight is 565 g/mol. The average Bonchev–Trinajstić information content (AvgIpc) is 4.02. The molecule has 1 fully saturated rings. The Labute approximate surface area is 254 Å². The Morgan fingerprint density at radius 3 is 2.41 bits per heavy atom. The summed E-state index contributed by atoms with van der Waals surface area (Å²) in [5, 5.41) is 21.4. The van der Waals surface area contributed by atoms with Gasteiger partial charge >= 0.3 is 0 Å². The Hall–Kier alpha value is -5.77. The van der Waals surface area contributed by atoms with Gasteiger partial charge < -0.3 is 10.7 Å². The van der Waals surface area contributed by atoms with Gasteiger partial charge in [-0.2, -0.15) is 5.26 Å². The number of aliphatic imine (C=N–C) groups is 1. The minimum atomic E-state index is 0.120. The van der Waals surface area contributed by atoms with E-state index in [1.807, 2.05) is 36.7 Å². The van der Waals surface area contributed by atoms with Crippen molar-refractivity contribution in [2.24, 2.45) is 4.99 Å². The van der Waals surface area contributed by atoms with Crippen LogP contribution in [0, 0.1) is 16.7 Å². The fourth-order valence-corrected chi connectivity index (χ4v) is 6.94. The van der Waals surface area contributed by atoms with E-state index in [1.54, 1.807) is 0 Å². The molecular formula is C38H24N6. The summed E-state index contributed by atoms with van der Waals surface area (Å²) in [5.74, 6) is 0.214. The molecular weight excluding hydrogens is 540 g/mol. The monoisotopic (exact) mass is 564 g/mol. The van der Waals surface area contributed by atoms with Crippen molar-refractivity contribution < 1.29 is 0 Å². The first kappa shape index (κ1) is 24.8. The largest absolute Gasteiger partial charge is 0.308 e. The summed E-state index contributed by atoms with van der Waals surface area (Å²) in [4.78, 5) is 14.0. The minimum Gasteiger partial charge on any atom is -0.308 e. The van der Waals surface area contributed by atoms with Gasteiger partial charge in [-0.05, 0) is 75.5 Å². The Balaban J connectivity index is 1.13. The van der Waals surface area contributed by atoms with E-state index < -0.39 is 0 Å². The molecule has 206 valence electrons. The van der Waals surface area contributed by atoms with Crippen molar-refractivity contribution in [2.75, 3.05) is 6.54 Å². The van der Waals surface area contributed by atoms with Crippen LogP contribution in [0.3, 0.4) is 0 Å². The zero-order chi connectivity index (χ0) is 29.5.